The average Bonchev–Trinajstić information content (AvgIpc) is 2.90. The number of rotatable bonds is 4. The van der Waals surface area contributed by atoms with E-state index in [1.165, 1.54) is 16.0 Å². The van der Waals surface area contributed by atoms with Crippen LogP contribution in [0, 0.1) is 19.8 Å². The summed E-state index contributed by atoms with van der Waals surface area (Å²) < 4.78 is 1.12. The van der Waals surface area contributed by atoms with Gasteiger partial charge in [0.1, 0.15) is 0 Å². The van der Waals surface area contributed by atoms with E-state index in [9.17, 15) is 4.79 Å². The van der Waals surface area contributed by atoms with Gasteiger partial charge in [-0.1, -0.05) is 15.9 Å². The quantitative estimate of drug-likeness (QED) is 0.843. The van der Waals surface area contributed by atoms with Crippen LogP contribution in [0.3, 0.4) is 0 Å². The first-order chi connectivity index (χ1) is 9.51. The lowest BCUT2D eigenvalue weighted by Crippen LogP contribution is -2.31. The number of amides is 1. The van der Waals surface area contributed by atoms with Crippen molar-refractivity contribution in [3.63, 3.8) is 0 Å². The Labute approximate surface area is 133 Å². The summed E-state index contributed by atoms with van der Waals surface area (Å²) in [5, 5.41) is 0. The van der Waals surface area contributed by atoms with Crippen molar-refractivity contribution in [3.8, 4) is 0 Å². The van der Waals surface area contributed by atoms with Gasteiger partial charge in [-0.25, -0.2) is 0 Å². The van der Waals surface area contributed by atoms with Crippen LogP contribution in [0.1, 0.15) is 17.5 Å². The maximum Gasteiger partial charge on any atom is 0.232 e. The fourth-order valence-corrected chi connectivity index (χ4v) is 3.86. The molecule has 1 fully saturated rings. The van der Waals surface area contributed by atoms with Gasteiger partial charge in [-0.3, -0.25) is 4.79 Å². The molecule has 1 atom stereocenters. The fraction of sp³-hybridized carbons (Fsp3) is 0.533. The van der Waals surface area contributed by atoms with Crippen molar-refractivity contribution in [1.82, 2.24) is 4.90 Å². The zero-order chi connectivity index (χ0) is 14.7. The van der Waals surface area contributed by atoms with E-state index in [0.29, 0.717) is 18.2 Å². The molecule has 1 aromatic carbocycles. The molecule has 0 radical (unpaired) electrons. The van der Waals surface area contributed by atoms with Gasteiger partial charge in [0.2, 0.25) is 5.91 Å². The standard InChI is InChI=1S/C15H21BrN2OS/c1-10-6-14(11(2)5-13(10)16)20-9-15(19)18-4-3-12(7-17)8-18/h5-6,12H,3-4,7-9,17H2,1-2H3. The highest BCUT2D eigenvalue weighted by atomic mass is 79.9. The summed E-state index contributed by atoms with van der Waals surface area (Å²) in [5.41, 5.74) is 8.08. The van der Waals surface area contributed by atoms with Crippen LogP contribution >= 0.6 is 27.7 Å². The largest absolute Gasteiger partial charge is 0.342 e. The molecule has 2 N–H and O–H groups in total. The first-order valence-corrected chi connectivity index (χ1v) is 8.66. The minimum Gasteiger partial charge on any atom is -0.342 e. The van der Waals surface area contributed by atoms with Gasteiger partial charge < -0.3 is 10.6 Å². The van der Waals surface area contributed by atoms with Crippen LogP contribution in [0.5, 0.6) is 0 Å². The van der Waals surface area contributed by atoms with Crippen molar-refractivity contribution in [2.24, 2.45) is 11.7 Å². The minimum atomic E-state index is 0.228. The summed E-state index contributed by atoms with van der Waals surface area (Å²) in [5.74, 6) is 1.23. The van der Waals surface area contributed by atoms with E-state index >= 15 is 0 Å². The molecule has 0 saturated carbocycles. The third-order valence-electron chi connectivity index (χ3n) is 3.78. The lowest BCUT2D eigenvalue weighted by Gasteiger charge is -2.16. The number of benzene rings is 1. The summed E-state index contributed by atoms with van der Waals surface area (Å²) in [6.07, 6.45) is 1.04. The molecule has 1 amide bonds. The highest BCUT2D eigenvalue weighted by molar-refractivity contribution is 9.10. The van der Waals surface area contributed by atoms with Crippen LogP contribution in [0.15, 0.2) is 21.5 Å². The Balaban J connectivity index is 1.92. The van der Waals surface area contributed by atoms with E-state index in [0.717, 1.165) is 24.0 Å². The molecule has 20 heavy (non-hydrogen) atoms. The smallest absolute Gasteiger partial charge is 0.232 e. The maximum absolute atomic E-state index is 12.2. The Bertz CT molecular complexity index is 507. The van der Waals surface area contributed by atoms with Gasteiger partial charge in [0.25, 0.3) is 0 Å². The summed E-state index contributed by atoms with van der Waals surface area (Å²) in [7, 11) is 0. The maximum atomic E-state index is 12.2. The molecule has 0 aliphatic carbocycles. The Morgan fingerprint density at radius 1 is 1.45 bits per heavy atom. The van der Waals surface area contributed by atoms with Gasteiger partial charge in [-0.15, -0.1) is 11.8 Å². The number of hydrogen-bond acceptors (Lipinski definition) is 3. The first-order valence-electron chi connectivity index (χ1n) is 6.88. The number of nitrogens with two attached hydrogens (primary N) is 1. The molecule has 1 aromatic rings. The molecule has 1 aliphatic rings. The average molecular weight is 357 g/mol. The van der Waals surface area contributed by atoms with Gasteiger partial charge in [0, 0.05) is 22.5 Å². The third-order valence-corrected chi connectivity index (χ3v) is 5.78. The van der Waals surface area contributed by atoms with Gasteiger partial charge in [-0.2, -0.15) is 0 Å². The van der Waals surface area contributed by atoms with E-state index in [2.05, 4.69) is 41.9 Å². The van der Waals surface area contributed by atoms with E-state index in [1.807, 2.05) is 4.90 Å². The van der Waals surface area contributed by atoms with Crippen LogP contribution in [0.4, 0.5) is 0 Å². The van der Waals surface area contributed by atoms with Crippen LogP contribution in [-0.2, 0) is 4.79 Å². The zero-order valence-electron chi connectivity index (χ0n) is 12.0. The number of hydrogen-bond donors (Lipinski definition) is 1. The van der Waals surface area contributed by atoms with Gasteiger partial charge in [-0.05, 0) is 56.0 Å². The highest BCUT2D eigenvalue weighted by Crippen LogP contribution is 2.29. The number of carbonyl (C=O) groups is 1. The molecule has 110 valence electrons. The number of thioether (sulfide) groups is 1. The van der Waals surface area contributed by atoms with Crippen LogP contribution in [0.25, 0.3) is 0 Å². The van der Waals surface area contributed by atoms with E-state index < -0.39 is 0 Å². The predicted molar refractivity (Wildman–Crippen MR) is 88.1 cm³/mol. The second-order valence-electron chi connectivity index (χ2n) is 5.39. The van der Waals surface area contributed by atoms with Crippen LogP contribution in [-0.4, -0.2) is 36.2 Å². The lowest BCUT2D eigenvalue weighted by atomic mass is 10.1. The van der Waals surface area contributed by atoms with Crippen LogP contribution in [0.2, 0.25) is 0 Å². The molecule has 2 rings (SSSR count). The molecule has 1 unspecified atom stereocenters. The van der Waals surface area contributed by atoms with Crippen molar-refractivity contribution in [2.45, 2.75) is 25.2 Å². The molecule has 0 spiro atoms. The van der Waals surface area contributed by atoms with E-state index in [4.69, 9.17) is 5.73 Å². The van der Waals surface area contributed by atoms with Gasteiger partial charge >= 0.3 is 0 Å². The molecule has 0 bridgehead atoms. The Morgan fingerprint density at radius 2 is 2.20 bits per heavy atom. The fourth-order valence-electron chi connectivity index (χ4n) is 2.39. The van der Waals surface area contributed by atoms with Crippen molar-refractivity contribution >= 4 is 33.6 Å². The van der Waals surface area contributed by atoms with E-state index in [1.54, 1.807) is 11.8 Å². The molecule has 1 aliphatic heterocycles. The molecule has 3 nitrogen and oxygen atoms in total. The number of likely N-dealkylation sites (tertiary alicyclic amines) is 1. The summed E-state index contributed by atoms with van der Waals surface area (Å²) in [6.45, 7) is 6.52. The van der Waals surface area contributed by atoms with Crippen molar-refractivity contribution < 1.29 is 4.79 Å². The Morgan fingerprint density at radius 3 is 2.85 bits per heavy atom. The number of aryl methyl sites for hydroxylation is 2. The number of nitrogens with zero attached hydrogens (tertiary/aromatic N) is 1. The second kappa shape index (κ2) is 6.96. The Hall–Kier alpha value is -0.520. The van der Waals surface area contributed by atoms with Crippen molar-refractivity contribution in [2.75, 3.05) is 25.4 Å². The molecular weight excluding hydrogens is 336 g/mol. The third kappa shape index (κ3) is 3.77. The Kier molecular flexibility index (Phi) is 5.52. The summed E-state index contributed by atoms with van der Waals surface area (Å²) >= 11 is 5.16. The van der Waals surface area contributed by atoms with Gasteiger partial charge in [0.05, 0.1) is 5.75 Å². The summed E-state index contributed by atoms with van der Waals surface area (Å²) in [4.78, 5) is 15.3. The van der Waals surface area contributed by atoms with Crippen molar-refractivity contribution in [1.29, 1.82) is 0 Å². The number of halogens is 1. The predicted octanol–water partition coefficient (Wildman–Crippen LogP) is 2.97. The molecule has 1 heterocycles. The minimum absolute atomic E-state index is 0.228. The normalized spacial score (nSPS) is 18.6. The molecular formula is C15H21BrN2OS. The number of carbonyl (C=O) groups excluding carboxylic acids is 1. The topological polar surface area (TPSA) is 46.3 Å². The molecule has 5 heteroatoms. The van der Waals surface area contributed by atoms with Gasteiger partial charge in [0.15, 0.2) is 0 Å². The lowest BCUT2D eigenvalue weighted by molar-refractivity contribution is -0.127. The highest BCUT2D eigenvalue weighted by Gasteiger charge is 2.25. The molecule has 0 aromatic heterocycles. The monoisotopic (exact) mass is 356 g/mol. The second-order valence-corrected chi connectivity index (χ2v) is 7.26. The first kappa shape index (κ1) is 15.9. The SMILES string of the molecule is Cc1cc(SCC(=O)N2CCC(CN)C2)c(C)cc1Br. The van der Waals surface area contributed by atoms with Crippen LogP contribution < -0.4 is 5.73 Å². The zero-order valence-corrected chi connectivity index (χ0v) is 14.4. The van der Waals surface area contributed by atoms with Crippen molar-refractivity contribution in [3.05, 3.63) is 27.7 Å². The summed E-state index contributed by atoms with van der Waals surface area (Å²) in [6, 6.07) is 4.26. The molecule has 1 saturated heterocycles. The van der Waals surface area contributed by atoms with E-state index in [-0.39, 0.29) is 5.91 Å².